The summed E-state index contributed by atoms with van der Waals surface area (Å²) in [7, 11) is 0. The lowest BCUT2D eigenvalue weighted by Crippen LogP contribution is -2.36. The van der Waals surface area contributed by atoms with Crippen molar-refractivity contribution in [1.82, 2.24) is 5.32 Å². The first-order valence-electron chi connectivity index (χ1n) is 7.61. The lowest BCUT2D eigenvalue weighted by atomic mass is 9.79. The van der Waals surface area contributed by atoms with Crippen molar-refractivity contribution in [3.05, 3.63) is 39.9 Å². The number of carboxylic acids is 1. The van der Waals surface area contributed by atoms with Crippen molar-refractivity contribution in [2.75, 3.05) is 6.54 Å². The summed E-state index contributed by atoms with van der Waals surface area (Å²) in [5, 5.41) is 12.9. The molecule has 1 aromatic carbocycles. The van der Waals surface area contributed by atoms with Gasteiger partial charge in [-0.3, -0.25) is 9.59 Å². The number of nitrogens with one attached hydrogen (secondary N) is 1. The fourth-order valence-corrected chi connectivity index (χ4v) is 3.16. The normalized spacial score (nSPS) is 21.3. The molecule has 2 rings (SSSR count). The first-order valence-corrected chi connectivity index (χ1v) is 8.36. The molecule has 0 aliphatic heterocycles. The van der Waals surface area contributed by atoms with Gasteiger partial charge in [-0.05, 0) is 42.5 Å². The lowest BCUT2D eigenvalue weighted by Gasteiger charge is -2.28. The minimum Gasteiger partial charge on any atom is -0.481 e. The van der Waals surface area contributed by atoms with E-state index in [1.54, 1.807) is 24.3 Å². The molecular formula is C17H19Cl2NO3. The van der Waals surface area contributed by atoms with Crippen LogP contribution >= 0.6 is 23.2 Å². The van der Waals surface area contributed by atoms with Crippen LogP contribution in [0.25, 0.3) is 6.08 Å². The average molecular weight is 356 g/mol. The molecule has 2 N–H and O–H groups in total. The van der Waals surface area contributed by atoms with Gasteiger partial charge in [0.15, 0.2) is 0 Å². The molecule has 124 valence electrons. The maximum Gasteiger partial charge on any atom is 0.306 e. The van der Waals surface area contributed by atoms with Crippen LogP contribution < -0.4 is 5.32 Å². The molecule has 2 atom stereocenters. The van der Waals surface area contributed by atoms with Gasteiger partial charge in [0.1, 0.15) is 0 Å². The molecule has 23 heavy (non-hydrogen) atoms. The van der Waals surface area contributed by atoms with Crippen LogP contribution in [0.1, 0.15) is 31.2 Å². The zero-order valence-electron chi connectivity index (χ0n) is 12.6. The predicted octanol–water partition coefficient (Wildman–Crippen LogP) is 4.01. The van der Waals surface area contributed by atoms with Crippen LogP contribution in [0.3, 0.4) is 0 Å². The molecule has 0 saturated heterocycles. The molecule has 6 heteroatoms. The molecule has 1 saturated carbocycles. The molecule has 0 radical (unpaired) electrons. The second-order valence-corrected chi connectivity index (χ2v) is 6.56. The monoisotopic (exact) mass is 355 g/mol. The summed E-state index contributed by atoms with van der Waals surface area (Å²) in [6.45, 7) is 0.390. The smallest absolute Gasteiger partial charge is 0.306 e. The predicted molar refractivity (Wildman–Crippen MR) is 91.6 cm³/mol. The number of carbonyl (C=O) groups excluding carboxylic acids is 1. The highest BCUT2D eigenvalue weighted by Gasteiger charge is 2.30. The minimum atomic E-state index is -0.768. The van der Waals surface area contributed by atoms with E-state index >= 15 is 0 Å². The molecule has 0 heterocycles. The first-order chi connectivity index (χ1) is 11.0. The SMILES string of the molecule is O=C(/C=C/c1ccc(Cl)c(Cl)c1)NC[C@@H]1CCCC[C@@H]1C(=O)O. The number of carboxylic acid groups (broad SMARTS) is 1. The fraction of sp³-hybridized carbons (Fsp3) is 0.412. The van der Waals surface area contributed by atoms with E-state index in [-0.39, 0.29) is 17.7 Å². The van der Waals surface area contributed by atoms with Crippen LogP contribution in [0.4, 0.5) is 0 Å². The van der Waals surface area contributed by atoms with E-state index < -0.39 is 5.97 Å². The minimum absolute atomic E-state index is 0.00331. The molecule has 0 spiro atoms. The van der Waals surface area contributed by atoms with Crippen molar-refractivity contribution in [1.29, 1.82) is 0 Å². The number of halogens is 2. The Bertz CT molecular complexity index is 616. The van der Waals surface area contributed by atoms with Crippen LogP contribution in [0.15, 0.2) is 24.3 Å². The van der Waals surface area contributed by atoms with Gasteiger partial charge in [-0.25, -0.2) is 0 Å². The van der Waals surface area contributed by atoms with Gasteiger partial charge in [-0.2, -0.15) is 0 Å². The highest BCUT2D eigenvalue weighted by Crippen LogP contribution is 2.29. The van der Waals surface area contributed by atoms with Crippen molar-refractivity contribution in [2.24, 2.45) is 11.8 Å². The van der Waals surface area contributed by atoms with Crippen molar-refractivity contribution in [3.63, 3.8) is 0 Å². The van der Waals surface area contributed by atoms with Gasteiger partial charge >= 0.3 is 5.97 Å². The van der Waals surface area contributed by atoms with Gasteiger partial charge in [0.25, 0.3) is 0 Å². The summed E-state index contributed by atoms with van der Waals surface area (Å²) in [6, 6.07) is 5.11. The van der Waals surface area contributed by atoms with E-state index in [4.69, 9.17) is 23.2 Å². The summed E-state index contributed by atoms with van der Waals surface area (Å²) in [5.41, 5.74) is 0.774. The number of benzene rings is 1. The molecule has 0 aromatic heterocycles. The van der Waals surface area contributed by atoms with E-state index in [1.807, 2.05) is 0 Å². The standard InChI is InChI=1S/C17H19Cl2NO3/c18-14-7-5-11(9-15(14)19)6-8-16(21)20-10-12-3-1-2-4-13(12)17(22)23/h5-9,12-13H,1-4,10H2,(H,20,21)(H,22,23)/b8-6+/t12-,13-/m0/s1. The Morgan fingerprint density at radius 3 is 2.65 bits per heavy atom. The molecule has 1 amide bonds. The number of hydrogen-bond donors (Lipinski definition) is 2. The third kappa shape index (κ3) is 5.26. The van der Waals surface area contributed by atoms with Crippen molar-refractivity contribution in [2.45, 2.75) is 25.7 Å². The topological polar surface area (TPSA) is 66.4 Å². The largest absolute Gasteiger partial charge is 0.481 e. The summed E-state index contributed by atoms with van der Waals surface area (Å²) in [6.07, 6.45) is 6.55. The summed E-state index contributed by atoms with van der Waals surface area (Å²) in [4.78, 5) is 23.1. The highest BCUT2D eigenvalue weighted by atomic mass is 35.5. The molecule has 1 aliphatic rings. The van der Waals surface area contributed by atoms with Gasteiger partial charge in [-0.15, -0.1) is 0 Å². The zero-order chi connectivity index (χ0) is 16.8. The van der Waals surface area contributed by atoms with Gasteiger partial charge in [0.2, 0.25) is 5.91 Å². The third-order valence-electron chi connectivity index (χ3n) is 4.14. The second-order valence-electron chi connectivity index (χ2n) is 5.74. The molecule has 1 fully saturated rings. The molecule has 1 aliphatic carbocycles. The second kappa shape index (κ2) is 8.37. The zero-order valence-corrected chi connectivity index (χ0v) is 14.1. The van der Waals surface area contributed by atoms with Crippen molar-refractivity contribution >= 4 is 41.2 Å². The number of carbonyl (C=O) groups is 2. The van der Waals surface area contributed by atoms with Crippen LogP contribution in [0, 0.1) is 11.8 Å². The average Bonchev–Trinajstić information content (AvgIpc) is 2.54. The summed E-state index contributed by atoms with van der Waals surface area (Å²) < 4.78 is 0. The van der Waals surface area contributed by atoms with E-state index in [1.165, 1.54) is 6.08 Å². The number of aliphatic carboxylic acids is 1. The van der Waals surface area contributed by atoms with Crippen molar-refractivity contribution in [3.8, 4) is 0 Å². The third-order valence-corrected chi connectivity index (χ3v) is 4.87. The van der Waals surface area contributed by atoms with Gasteiger partial charge in [0, 0.05) is 12.6 Å². The quantitative estimate of drug-likeness (QED) is 0.784. The number of rotatable bonds is 5. The fourth-order valence-electron chi connectivity index (χ4n) is 2.86. The van der Waals surface area contributed by atoms with E-state index in [0.29, 0.717) is 23.0 Å². The Morgan fingerprint density at radius 1 is 1.22 bits per heavy atom. The molecular weight excluding hydrogens is 337 g/mol. The van der Waals surface area contributed by atoms with Crippen LogP contribution in [-0.4, -0.2) is 23.5 Å². The van der Waals surface area contributed by atoms with E-state index in [2.05, 4.69) is 5.32 Å². The Balaban J connectivity index is 1.87. The van der Waals surface area contributed by atoms with Crippen LogP contribution in [-0.2, 0) is 9.59 Å². The Labute approximate surface area is 145 Å². The van der Waals surface area contributed by atoms with Crippen LogP contribution in [0.5, 0.6) is 0 Å². The summed E-state index contributed by atoms with van der Waals surface area (Å²) in [5.74, 6) is -1.37. The molecule has 0 bridgehead atoms. The molecule has 1 aromatic rings. The molecule has 4 nitrogen and oxygen atoms in total. The van der Waals surface area contributed by atoms with Gasteiger partial charge in [-0.1, -0.05) is 42.1 Å². The Hall–Kier alpha value is -1.52. The Kier molecular flexibility index (Phi) is 6.48. The Morgan fingerprint density at radius 2 is 1.96 bits per heavy atom. The van der Waals surface area contributed by atoms with E-state index in [9.17, 15) is 14.7 Å². The first kappa shape index (κ1) is 17.8. The summed E-state index contributed by atoms with van der Waals surface area (Å²) >= 11 is 11.8. The maximum absolute atomic E-state index is 11.9. The highest BCUT2D eigenvalue weighted by molar-refractivity contribution is 6.42. The maximum atomic E-state index is 11.9. The van der Waals surface area contributed by atoms with Gasteiger partial charge < -0.3 is 10.4 Å². The number of hydrogen-bond acceptors (Lipinski definition) is 2. The van der Waals surface area contributed by atoms with Gasteiger partial charge in [0.05, 0.1) is 16.0 Å². The van der Waals surface area contributed by atoms with E-state index in [0.717, 1.165) is 24.8 Å². The number of amides is 1. The lowest BCUT2D eigenvalue weighted by molar-refractivity contribution is -0.145. The van der Waals surface area contributed by atoms with Crippen molar-refractivity contribution < 1.29 is 14.7 Å². The molecule has 0 unspecified atom stereocenters. The van der Waals surface area contributed by atoms with Crippen LogP contribution in [0.2, 0.25) is 10.0 Å².